The van der Waals surface area contributed by atoms with Crippen molar-refractivity contribution in [2.75, 3.05) is 6.54 Å². The second kappa shape index (κ2) is 7.90. The van der Waals surface area contributed by atoms with Crippen molar-refractivity contribution in [3.05, 3.63) is 123 Å². The van der Waals surface area contributed by atoms with Gasteiger partial charge in [-0.25, -0.2) is 13.9 Å². The fourth-order valence-corrected chi connectivity index (χ4v) is 5.03. The lowest BCUT2D eigenvalue weighted by atomic mass is 9.95. The topological polar surface area (TPSA) is 96.6 Å². The summed E-state index contributed by atoms with van der Waals surface area (Å²) in [5.74, 6) is -0.332. The van der Waals surface area contributed by atoms with E-state index in [1.54, 1.807) is 48.5 Å². The van der Waals surface area contributed by atoms with Gasteiger partial charge in [-0.3, -0.25) is 4.79 Å². The highest BCUT2D eigenvalue weighted by Gasteiger charge is 2.35. The normalized spacial score (nSPS) is 15.4. The lowest BCUT2D eigenvalue weighted by Gasteiger charge is -2.23. The van der Waals surface area contributed by atoms with Crippen molar-refractivity contribution in [2.45, 2.75) is 12.5 Å². The minimum Gasteiger partial charge on any atom is -0.494 e. The van der Waals surface area contributed by atoms with Crippen LogP contribution in [0.25, 0.3) is 22.3 Å². The van der Waals surface area contributed by atoms with Crippen LogP contribution in [0.5, 0.6) is 5.88 Å². The van der Waals surface area contributed by atoms with Crippen LogP contribution in [0.2, 0.25) is 0 Å². The molecule has 7 heteroatoms. The molecule has 34 heavy (non-hydrogen) atoms. The van der Waals surface area contributed by atoms with Crippen LogP contribution in [0, 0.1) is 0 Å². The number of aromatic amines is 1. The predicted molar refractivity (Wildman–Crippen MR) is 130 cm³/mol. The molecule has 0 saturated heterocycles. The van der Waals surface area contributed by atoms with E-state index in [-0.39, 0.29) is 11.4 Å². The van der Waals surface area contributed by atoms with Gasteiger partial charge in [0.1, 0.15) is 5.56 Å². The van der Waals surface area contributed by atoms with Crippen LogP contribution in [0.1, 0.15) is 22.9 Å². The molecule has 0 bridgehead atoms. The Morgan fingerprint density at radius 3 is 2.15 bits per heavy atom. The number of hydrogen-bond donors (Lipinski definition) is 3. The van der Waals surface area contributed by atoms with Gasteiger partial charge >= 0.3 is 5.69 Å². The van der Waals surface area contributed by atoms with Gasteiger partial charge in [0.25, 0.3) is 5.56 Å². The van der Waals surface area contributed by atoms with Gasteiger partial charge in [0.05, 0.1) is 23.6 Å². The molecule has 5 aromatic rings. The number of H-pyrrole nitrogens is 1. The van der Waals surface area contributed by atoms with Gasteiger partial charge in [-0.15, -0.1) is 0 Å². The van der Waals surface area contributed by atoms with Gasteiger partial charge in [-0.2, -0.15) is 0 Å². The maximum absolute atomic E-state index is 13.9. The summed E-state index contributed by atoms with van der Waals surface area (Å²) < 4.78 is 2.36. The Balaban J connectivity index is 1.69. The second-order valence-electron chi connectivity index (χ2n) is 8.48. The first kappa shape index (κ1) is 20.3. The summed E-state index contributed by atoms with van der Waals surface area (Å²) in [4.78, 5) is 30.9. The molecule has 7 nitrogen and oxygen atoms in total. The average Bonchev–Trinajstić information content (AvgIpc) is 3.25. The minimum atomic E-state index is -0.615. The number of nitrogens with one attached hydrogen (secondary N) is 1. The van der Waals surface area contributed by atoms with Crippen molar-refractivity contribution >= 4 is 10.9 Å². The van der Waals surface area contributed by atoms with E-state index in [0.29, 0.717) is 11.4 Å². The van der Waals surface area contributed by atoms with E-state index in [2.05, 4.69) is 11.1 Å². The fraction of sp³-hybridized carbons (Fsp3) is 0.111. The van der Waals surface area contributed by atoms with Gasteiger partial charge < -0.3 is 15.4 Å². The zero-order valence-corrected chi connectivity index (χ0v) is 18.3. The lowest BCUT2D eigenvalue weighted by Crippen LogP contribution is -2.88. The average molecular weight is 452 g/mol. The molecule has 168 valence electrons. The first-order valence-electron chi connectivity index (χ1n) is 11.3. The molecule has 0 saturated carbocycles. The van der Waals surface area contributed by atoms with Crippen LogP contribution < -0.4 is 16.6 Å². The van der Waals surface area contributed by atoms with Crippen LogP contribution >= 0.6 is 0 Å². The second-order valence-corrected chi connectivity index (χ2v) is 8.48. The summed E-state index contributed by atoms with van der Waals surface area (Å²) in [7, 11) is 0. The monoisotopic (exact) mass is 451 g/mol. The summed E-state index contributed by atoms with van der Waals surface area (Å²) in [5, 5.41) is 14.6. The zero-order chi connectivity index (χ0) is 23.2. The zero-order valence-electron chi connectivity index (χ0n) is 18.3. The molecule has 1 aliphatic heterocycles. The number of nitrogens with zero attached hydrogens (tertiary/aromatic N) is 2. The Kier molecular flexibility index (Phi) is 4.71. The van der Waals surface area contributed by atoms with Crippen LogP contribution in [-0.2, 0) is 6.42 Å². The molecule has 0 unspecified atom stereocenters. The van der Waals surface area contributed by atoms with E-state index >= 15 is 0 Å². The summed E-state index contributed by atoms with van der Waals surface area (Å²) in [6.07, 6.45) is 0.849. The molecule has 0 aliphatic carbocycles. The van der Waals surface area contributed by atoms with E-state index in [9.17, 15) is 14.7 Å². The van der Waals surface area contributed by atoms with Crippen molar-refractivity contribution in [3.8, 4) is 17.3 Å². The molecule has 1 aliphatic rings. The summed E-state index contributed by atoms with van der Waals surface area (Å²) in [6, 6.07) is 25.3. The third-order valence-electron chi connectivity index (χ3n) is 6.56. The number of quaternary nitrogens is 1. The van der Waals surface area contributed by atoms with Gasteiger partial charge in [0.15, 0.2) is 6.04 Å². The van der Waals surface area contributed by atoms with E-state index in [4.69, 9.17) is 0 Å². The molecule has 0 fully saturated rings. The lowest BCUT2D eigenvalue weighted by molar-refractivity contribution is -0.690. The number of nitrogens with two attached hydrogens (primary N) is 1. The van der Waals surface area contributed by atoms with Crippen LogP contribution in [0.4, 0.5) is 0 Å². The third-order valence-corrected chi connectivity index (χ3v) is 6.56. The third kappa shape index (κ3) is 3.02. The smallest absolute Gasteiger partial charge is 0.343 e. The van der Waals surface area contributed by atoms with Crippen molar-refractivity contribution in [1.82, 2.24) is 14.1 Å². The molecule has 4 N–H and O–H groups in total. The first-order chi connectivity index (χ1) is 16.6. The number of aromatic nitrogens is 3. The van der Waals surface area contributed by atoms with Crippen molar-refractivity contribution in [2.24, 2.45) is 0 Å². The predicted octanol–water partition coefficient (Wildman–Crippen LogP) is 2.38. The molecule has 0 spiro atoms. The van der Waals surface area contributed by atoms with Gasteiger partial charge in [-0.1, -0.05) is 54.6 Å². The number of hydrogen-bond acceptors (Lipinski definition) is 3. The molecule has 1 atom stereocenters. The molecular formula is C27H23N4O3+. The highest BCUT2D eigenvalue weighted by molar-refractivity contribution is 5.85. The SMILES string of the molecule is O=c1c([C@@H]2[NH2+]CCc3c2[nH]c2ccccc32)c(O)n(-c2ccccc2)c(=O)n1-c1ccccc1. The molecule has 2 aromatic heterocycles. The number of para-hydroxylation sites is 3. The van der Waals surface area contributed by atoms with Gasteiger partial charge in [0.2, 0.25) is 5.88 Å². The molecule has 6 rings (SSSR count). The Hall–Kier alpha value is -4.36. The van der Waals surface area contributed by atoms with Crippen LogP contribution in [0.3, 0.4) is 0 Å². The highest BCUT2D eigenvalue weighted by Crippen LogP contribution is 2.32. The van der Waals surface area contributed by atoms with Crippen LogP contribution in [0.15, 0.2) is 94.5 Å². The molecule has 0 radical (unpaired) electrons. The molecular weight excluding hydrogens is 428 g/mol. The number of aromatic hydroxyl groups is 1. The van der Waals surface area contributed by atoms with Gasteiger partial charge in [0, 0.05) is 17.3 Å². The maximum atomic E-state index is 13.9. The van der Waals surface area contributed by atoms with Crippen molar-refractivity contribution < 1.29 is 10.4 Å². The van der Waals surface area contributed by atoms with E-state index in [0.717, 1.165) is 39.7 Å². The fourth-order valence-electron chi connectivity index (χ4n) is 5.03. The largest absolute Gasteiger partial charge is 0.494 e. The van der Waals surface area contributed by atoms with E-state index < -0.39 is 17.3 Å². The standard InChI is InChI=1S/C27H22N4O3/c32-25-22(24-23-20(15-16-28-24)19-13-7-8-14-21(19)29-23)26(33)31(18-11-5-2-6-12-18)27(34)30(25)17-9-3-1-4-10-17/h1-14,24,28-29,32H,15-16H2/p+1/t24-/m0/s1. The Bertz CT molecular complexity index is 1630. The van der Waals surface area contributed by atoms with Gasteiger partial charge in [-0.05, 0) is 35.9 Å². The van der Waals surface area contributed by atoms with Crippen LogP contribution in [-0.4, -0.2) is 25.8 Å². The molecule has 3 heterocycles. The molecule has 0 amide bonds. The quantitative estimate of drug-likeness (QED) is 0.393. The Labute approximate surface area is 194 Å². The number of rotatable bonds is 3. The Morgan fingerprint density at radius 2 is 1.44 bits per heavy atom. The number of benzene rings is 3. The number of fused-ring (bicyclic) bond motifs is 3. The minimum absolute atomic E-state index is 0.180. The molecule has 3 aromatic carbocycles. The summed E-state index contributed by atoms with van der Waals surface area (Å²) in [5.41, 5.74) is 3.01. The van der Waals surface area contributed by atoms with Crippen molar-refractivity contribution in [1.29, 1.82) is 0 Å². The van der Waals surface area contributed by atoms with E-state index in [1.165, 1.54) is 4.57 Å². The maximum Gasteiger partial charge on any atom is 0.343 e. The highest BCUT2D eigenvalue weighted by atomic mass is 16.3. The first-order valence-corrected chi connectivity index (χ1v) is 11.3. The summed E-state index contributed by atoms with van der Waals surface area (Å²) >= 11 is 0. The summed E-state index contributed by atoms with van der Waals surface area (Å²) in [6.45, 7) is 0.758. The van der Waals surface area contributed by atoms with E-state index in [1.807, 2.05) is 35.6 Å². The van der Waals surface area contributed by atoms with Crippen molar-refractivity contribution in [3.63, 3.8) is 0 Å². The Morgan fingerprint density at radius 1 is 0.824 bits per heavy atom.